The van der Waals surface area contributed by atoms with E-state index in [1.807, 2.05) is 0 Å². The second-order valence-electron chi connectivity index (χ2n) is 5.15. The first-order valence-corrected chi connectivity index (χ1v) is 7.29. The highest BCUT2D eigenvalue weighted by Crippen LogP contribution is 2.36. The Hall–Kier alpha value is -0.480. The van der Waals surface area contributed by atoms with Crippen LogP contribution in [0, 0.1) is 11.8 Å². The summed E-state index contributed by atoms with van der Waals surface area (Å²) in [4.78, 5) is 0. The van der Waals surface area contributed by atoms with Crippen LogP contribution in [-0.4, -0.2) is 30.9 Å². The Morgan fingerprint density at radius 3 is 2.63 bits per heavy atom. The number of aliphatic hydroxyl groups excluding tert-OH is 1. The number of ether oxygens (including phenoxy) is 1. The zero-order valence-corrected chi connectivity index (χ0v) is 12.4. The number of hydrogen-bond donors (Lipinski definition) is 2. The monoisotopic (exact) mass is 303 g/mol. The molecule has 0 aliphatic heterocycles. The standard InChI is InChI=1S/C14H19Cl2NO2/c1-9-5-10(9)6-17-7-11(18)8-19-14-12(15)3-2-4-13(14)16/h2-4,9-11,17-18H,5-8H2,1H3. The SMILES string of the molecule is CC1CC1CNCC(O)COc1c(Cl)cccc1Cl. The number of benzene rings is 1. The van der Waals surface area contributed by atoms with Crippen molar-refractivity contribution in [2.45, 2.75) is 19.4 Å². The van der Waals surface area contributed by atoms with Crippen LogP contribution in [0.25, 0.3) is 0 Å². The Morgan fingerprint density at radius 1 is 1.42 bits per heavy atom. The molecule has 0 spiro atoms. The lowest BCUT2D eigenvalue weighted by atomic mass is 10.3. The zero-order chi connectivity index (χ0) is 13.8. The topological polar surface area (TPSA) is 41.5 Å². The van der Waals surface area contributed by atoms with Gasteiger partial charge in [0.1, 0.15) is 12.7 Å². The molecule has 3 atom stereocenters. The number of rotatable bonds is 7. The quantitative estimate of drug-likeness (QED) is 0.814. The molecule has 1 aliphatic rings. The molecule has 19 heavy (non-hydrogen) atoms. The molecule has 0 heterocycles. The van der Waals surface area contributed by atoms with E-state index in [9.17, 15) is 5.11 Å². The van der Waals surface area contributed by atoms with Crippen LogP contribution in [0.5, 0.6) is 5.75 Å². The summed E-state index contributed by atoms with van der Waals surface area (Å²) in [6.45, 7) is 3.90. The second-order valence-corrected chi connectivity index (χ2v) is 5.96. The Balaban J connectivity index is 1.69. The van der Waals surface area contributed by atoms with Gasteiger partial charge < -0.3 is 15.2 Å². The van der Waals surface area contributed by atoms with Gasteiger partial charge in [-0.2, -0.15) is 0 Å². The van der Waals surface area contributed by atoms with Crippen molar-refractivity contribution in [3.63, 3.8) is 0 Å². The maximum Gasteiger partial charge on any atom is 0.156 e. The van der Waals surface area contributed by atoms with Gasteiger partial charge in [-0.15, -0.1) is 0 Å². The highest BCUT2D eigenvalue weighted by Gasteiger charge is 2.31. The van der Waals surface area contributed by atoms with Gasteiger partial charge in [0.25, 0.3) is 0 Å². The summed E-state index contributed by atoms with van der Waals surface area (Å²) in [6, 6.07) is 5.18. The first-order valence-electron chi connectivity index (χ1n) is 6.53. The molecular formula is C14H19Cl2NO2. The van der Waals surface area contributed by atoms with Crippen LogP contribution in [0.15, 0.2) is 18.2 Å². The van der Waals surface area contributed by atoms with Gasteiger partial charge in [-0.05, 0) is 36.9 Å². The number of aliphatic hydroxyl groups is 1. The fraction of sp³-hybridized carbons (Fsp3) is 0.571. The third-order valence-electron chi connectivity index (χ3n) is 3.40. The van der Waals surface area contributed by atoms with E-state index in [4.69, 9.17) is 27.9 Å². The van der Waals surface area contributed by atoms with Crippen molar-refractivity contribution in [1.82, 2.24) is 5.32 Å². The van der Waals surface area contributed by atoms with E-state index in [1.165, 1.54) is 6.42 Å². The minimum absolute atomic E-state index is 0.177. The first-order chi connectivity index (χ1) is 9.08. The van der Waals surface area contributed by atoms with Crippen molar-refractivity contribution in [2.75, 3.05) is 19.7 Å². The van der Waals surface area contributed by atoms with Gasteiger partial charge in [0.05, 0.1) is 10.0 Å². The molecule has 3 unspecified atom stereocenters. The number of para-hydroxylation sites is 1. The van der Waals surface area contributed by atoms with Crippen molar-refractivity contribution in [3.05, 3.63) is 28.2 Å². The molecule has 0 bridgehead atoms. The van der Waals surface area contributed by atoms with Gasteiger partial charge >= 0.3 is 0 Å². The van der Waals surface area contributed by atoms with Crippen LogP contribution in [0.2, 0.25) is 10.0 Å². The highest BCUT2D eigenvalue weighted by molar-refractivity contribution is 6.37. The molecule has 2 rings (SSSR count). The molecule has 1 saturated carbocycles. The van der Waals surface area contributed by atoms with Crippen LogP contribution in [0.1, 0.15) is 13.3 Å². The van der Waals surface area contributed by atoms with Crippen LogP contribution in [-0.2, 0) is 0 Å². The van der Waals surface area contributed by atoms with E-state index in [-0.39, 0.29) is 6.61 Å². The van der Waals surface area contributed by atoms with E-state index in [1.54, 1.807) is 18.2 Å². The number of halogens is 2. The molecule has 5 heteroatoms. The van der Waals surface area contributed by atoms with Crippen molar-refractivity contribution < 1.29 is 9.84 Å². The summed E-state index contributed by atoms with van der Waals surface area (Å²) in [5.74, 6) is 2.02. The normalized spacial score (nSPS) is 23.2. The smallest absolute Gasteiger partial charge is 0.156 e. The summed E-state index contributed by atoms with van der Waals surface area (Å²) >= 11 is 12.0. The lowest BCUT2D eigenvalue weighted by Gasteiger charge is -2.14. The van der Waals surface area contributed by atoms with Gasteiger partial charge in [-0.1, -0.05) is 36.2 Å². The van der Waals surface area contributed by atoms with E-state index in [2.05, 4.69) is 12.2 Å². The fourth-order valence-corrected chi connectivity index (χ4v) is 2.48. The van der Waals surface area contributed by atoms with Gasteiger partial charge in [-0.3, -0.25) is 0 Å². The molecule has 0 aromatic heterocycles. The Morgan fingerprint density at radius 2 is 2.05 bits per heavy atom. The average molecular weight is 304 g/mol. The minimum atomic E-state index is -0.568. The van der Waals surface area contributed by atoms with Gasteiger partial charge in [0, 0.05) is 6.54 Å². The van der Waals surface area contributed by atoms with Gasteiger partial charge in [0.2, 0.25) is 0 Å². The predicted molar refractivity (Wildman–Crippen MR) is 78.1 cm³/mol. The Kier molecular flexibility index (Phi) is 5.34. The summed E-state index contributed by atoms with van der Waals surface area (Å²) in [6.07, 6.45) is 0.718. The molecule has 1 fully saturated rings. The van der Waals surface area contributed by atoms with Crippen LogP contribution in [0.4, 0.5) is 0 Å². The summed E-state index contributed by atoms with van der Waals surface area (Å²) in [7, 11) is 0. The molecule has 0 amide bonds. The Labute approximate surface area is 123 Å². The van der Waals surface area contributed by atoms with Crippen LogP contribution in [0.3, 0.4) is 0 Å². The van der Waals surface area contributed by atoms with Gasteiger partial charge in [0.15, 0.2) is 5.75 Å². The molecule has 0 radical (unpaired) electrons. The fourth-order valence-electron chi connectivity index (χ4n) is 1.98. The predicted octanol–water partition coefficient (Wildman–Crippen LogP) is 2.98. The molecule has 2 N–H and O–H groups in total. The lowest BCUT2D eigenvalue weighted by Crippen LogP contribution is -2.32. The third kappa shape index (κ3) is 4.53. The molecule has 106 valence electrons. The van der Waals surface area contributed by atoms with Gasteiger partial charge in [-0.25, -0.2) is 0 Å². The zero-order valence-electron chi connectivity index (χ0n) is 10.9. The van der Waals surface area contributed by atoms with Crippen molar-refractivity contribution in [3.8, 4) is 5.75 Å². The minimum Gasteiger partial charge on any atom is -0.488 e. The molecule has 1 aliphatic carbocycles. The first kappa shape index (κ1) is 14.9. The van der Waals surface area contributed by atoms with E-state index in [0.717, 1.165) is 18.4 Å². The van der Waals surface area contributed by atoms with Crippen molar-refractivity contribution >= 4 is 23.2 Å². The number of nitrogens with one attached hydrogen (secondary N) is 1. The summed E-state index contributed by atoms with van der Waals surface area (Å²) in [5, 5.41) is 14.0. The Bertz CT molecular complexity index is 408. The summed E-state index contributed by atoms with van der Waals surface area (Å²) < 4.78 is 5.47. The van der Waals surface area contributed by atoms with Crippen LogP contribution < -0.4 is 10.1 Å². The largest absolute Gasteiger partial charge is 0.488 e. The van der Waals surface area contributed by atoms with Crippen molar-refractivity contribution in [1.29, 1.82) is 0 Å². The highest BCUT2D eigenvalue weighted by atomic mass is 35.5. The average Bonchev–Trinajstić information content (AvgIpc) is 3.04. The summed E-state index contributed by atoms with van der Waals surface area (Å²) in [5.41, 5.74) is 0. The van der Waals surface area contributed by atoms with Crippen molar-refractivity contribution in [2.24, 2.45) is 11.8 Å². The maximum atomic E-state index is 9.82. The second kappa shape index (κ2) is 6.80. The van der Waals surface area contributed by atoms with E-state index < -0.39 is 6.10 Å². The number of hydrogen-bond acceptors (Lipinski definition) is 3. The lowest BCUT2D eigenvalue weighted by molar-refractivity contribution is 0.106. The molecule has 3 nitrogen and oxygen atoms in total. The molecule has 1 aromatic rings. The van der Waals surface area contributed by atoms with E-state index in [0.29, 0.717) is 22.3 Å². The van der Waals surface area contributed by atoms with Crippen LogP contribution >= 0.6 is 23.2 Å². The molecule has 0 saturated heterocycles. The molecule has 1 aromatic carbocycles. The molecular weight excluding hydrogens is 285 g/mol. The maximum absolute atomic E-state index is 9.82. The third-order valence-corrected chi connectivity index (χ3v) is 4.00. The van der Waals surface area contributed by atoms with E-state index >= 15 is 0 Å².